The predicted molar refractivity (Wildman–Crippen MR) is 118 cm³/mol. The number of anilines is 1. The molecule has 0 atom stereocenters. The van der Waals surface area contributed by atoms with E-state index in [4.69, 9.17) is 16.7 Å². The van der Waals surface area contributed by atoms with Gasteiger partial charge >= 0.3 is 5.97 Å². The topological polar surface area (TPSA) is 108 Å². The normalized spacial score (nSPS) is 11.3. The zero-order valence-corrected chi connectivity index (χ0v) is 17.5. The number of amides is 2. The molecule has 7 nitrogen and oxygen atoms in total. The summed E-state index contributed by atoms with van der Waals surface area (Å²) in [6, 6.07) is 14.4. The van der Waals surface area contributed by atoms with Gasteiger partial charge in [-0.25, -0.2) is 5.43 Å². The van der Waals surface area contributed by atoms with Crippen LogP contribution < -0.4 is 10.7 Å². The molecule has 2 amide bonds. The van der Waals surface area contributed by atoms with Crippen LogP contribution in [0.5, 0.6) is 0 Å². The van der Waals surface area contributed by atoms with E-state index in [0.29, 0.717) is 26.9 Å². The first kappa shape index (κ1) is 21.5. The van der Waals surface area contributed by atoms with Crippen molar-refractivity contribution in [2.24, 2.45) is 5.10 Å². The van der Waals surface area contributed by atoms with Crippen LogP contribution in [0.25, 0.3) is 10.1 Å². The lowest BCUT2D eigenvalue weighted by Crippen LogP contribution is -2.18. The second-order valence-electron chi connectivity index (χ2n) is 6.40. The van der Waals surface area contributed by atoms with Crippen molar-refractivity contribution in [3.63, 3.8) is 0 Å². The first-order valence-corrected chi connectivity index (χ1v) is 10.2. The fraction of sp³-hybridized carbons (Fsp3) is 0.143. The summed E-state index contributed by atoms with van der Waals surface area (Å²) in [5, 5.41) is 16.6. The Morgan fingerprint density at radius 1 is 1.10 bits per heavy atom. The van der Waals surface area contributed by atoms with Crippen LogP contribution in [0.2, 0.25) is 5.02 Å². The summed E-state index contributed by atoms with van der Waals surface area (Å²) in [5.41, 5.74) is 4.24. The van der Waals surface area contributed by atoms with Gasteiger partial charge in [0, 0.05) is 22.2 Å². The van der Waals surface area contributed by atoms with E-state index in [0.717, 1.165) is 10.1 Å². The van der Waals surface area contributed by atoms with Gasteiger partial charge < -0.3 is 10.4 Å². The van der Waals surface area contributed by atoms with E-state index >= 15 is 0 Å². The molecular formula is C21H18ClN3O4S. The molecule has 154 valence electrons. The van der Waals surface area contributed by atoms with Crippen LogP contribution in [0.1, 0.15) is 35.0 Å². The maximum absolute atomic E-state index is 12.5. The molecule has 2 aromatic carbocycles. The molecular weight excluding hydrogens is 426 g/mol. The lowest BCUT2D eigenvalue weighted by molar-refractivity contribution is -0.138. The fourth-order valence-electron chi connectivity index (χ4n) is 2.68. The Balaban J connectivity index is 1.69. The highest BCUT2D eigenvalue weighted by molar-refractivity contribution is 7.21. The third kappa shape index (κ3) is 5.22. The van der Waals surface area contributed by atoms with Gasteiger partial charge in [0.2, 0.25) is 5.91 Å². The van der Waals surface area contributed by atoms with Gasteiger partial charge in [0.15, 0.2) is 0 Å². The molecule has 0 aliphatic carbocycles. The number of fused-ring (bicyclic) bond motifs is 1. The van der Waals surface area contributed by atoms with Crippen LogP contribution in [-0.4, -0.2) is 28.6 Å². The Kier molecular flexibility index (Phi) is 6.81. The van der Waals surface area contributed by atoms with Crippen molar-refractivity contribution in [2.75, 3.05) is 5.32 Å². The quantitative estimate of drug-likeness (QED) is 0.368. The number of carbonyl (C=O) groups is 3. The highest BCUT2D eigenvalue weighted by Gasteiger charge is 2.16. The lowest BCUT2D eigenvalue weighted by Gasteiger charge is -2.07. The van der Waals surface area contributed by atoms with Gasteiger partial charge in [-0.3, -0.25) is 14.4 Å². The van der Waals surface area contributed by atoms with E-state index in [1.54, 1.807) is 31.2 Å². The van der Waals surface area contributed by atoms with Crippen LogP contribution in [0, 0.1) is 0 Å². The van der Waals surface area contributed by atoms with Crippen molar-refractivity contribution < 1.29 is 19.5 Å². The average molecular weight is 444 g/mol. The van der Waals surface area contributed by atoms with E-state index in [-0.39, 0.29) is 12.8 Å². The minimum absolute atomic E-state index is 0.112. The highest BCUT2D eigenvalue weighted by Crippen LogP contribution is 2.34. The maximum atomic E-state index is 12.5. The molecule has 1 heterocycles. The number of nitrogens with zero attached hydrogens (tertiary/aromatic N) is 1. The number of rotatable bonds is 7. The molecule has 9 heteroatoms. The number of aliphatic carboxylic acids is 1. The van der Waals surface area contributed by atoms with E-state index in [2.05, 4.69) is 15.8 Å². The molecule has 3 N–H and O–H groups in total. The molecule has 0 bridgehead atoms. The Hall–Kier alpha value is -3.23. The average Bonchev–Trinajstić information content (AvgIpc) is 3.07. The number of nitrogens with one attached hydrogen (secondary N) is 2. The molecule has 3 rings (SSSR count). The Labute approximate surface area is 181 Å². The predicted octanol–water partition coefficient (Wildman–Crippen LogP) is 4.51. The molecule has 0 spiro atoms. The Morgan fingerprint density at radius 2 is 1.87 bits per heavy atom. The van der Waals surface area contributed by atoms with E-state index in [9.17, 15) is 14.4 Å². The van der Waals surface area contributed by atoms with E-state index in [1.807, 2.05) is 24.3 Å². The zero-order chi connectivity index (χ0) is 21.7. The summed E-state index contributed by atoms with van der Waals surface area (Å²) in [6.07, 6.45) is -0.350. The molecule has 0 saturated heterocycles. The van der Waals surface area contributed by atoms with Crippen LogP contribution >= 0.6 is 22.9 Å². The number of carbonyl (C=O) groups excluding carboxylic acids is 2. The molecule has 0 unspecified atom stereocenters. The molecule has 0 fully saturated rings. The summed E-state index contributed by atoms with van der Waals surface area (Å²) >= 11 is 7.62. The second-order valence-corrected chi connectivity index (χ2v) is 7.83. The maximum Gasteiger partial charge on any atom is 0.303 e. The molecule has 30 heavy (non-hydrogen) atoms. The standard InChI is InChI=1S/C21H18ClN3O4S/c1-12(13-5-4-6-14(11-13)23-17(26)9-10-18(27)28)24-25-21(29)20-19(22)15-7-2-3-8-16(15)30-20/h2-8,11H,9-10H2,1H3,(H,23,26)(H,25,29)(H,27,28)/b24-12+. The number of halogens is 1. The largest absolute Gasteiger partial charge is 0.481 e. The Morgan fingerprint density at radius 3 is 2.60 bits per heavy atom. The number of benzene rings is 2. The van der Waals surface area contributed by atoms with Gasteiger partial charge in [-0.05, 0) is 30.7 Å². The fourth-order valence-corrected chi connectivity index (χ4v) is 4.08. The summed E-state index contributed by atoms with van der Waals surface area (Å²) in [4.78, 5) is 35.3. The minimum atomic E-state index is -1.03. The number of hydrogen-bond donors (Lipinski definition) is 3. The second kappa shape index (κ2) is 9.51. The first-order chi connectivity index (χ1) is 14.3. The summed E-state index contributed by atoms with van der Waals surface area (Å²) in [6.45, 7) is 1.72. The first-order valence-electron chi connectivity index (χ1n) is 8.99. The monoisotopic (exact) mass is 443 g/mol. The summed E-state index contributed by atoms with van der Waals surface area (Å²) < 4.78 is 0.916. The molecule has 0 radical (unpaired) electrons. The number of thiophene rings is 1. The molecule has 3 aromatic rings. The molecule has 1 aromatic heterocycles. The number of carboxylic acid groups (broad SMARTS) is 1. The van der Waals surface area contributed by atoms with Crippen molar-refractivity contribution in [1.82, 2.24) is 5.43 Å². The summed E-state index contributed by atoms with van der Waals surface area (Å²) in [5.74, 6) is -1.83. The van der Waals surface area contributed by atoms with Gasteiger partial charge in [0.25, 0.3) is 5.91 Å². The van der Waals surface area contributed by atoms with Gasteiger partial charge in [-0.2, -0.15) is 5.10 Å². The Bertz CT molecular complexity index is 1160. The van der Waals surface area contributed by atoms with Gasteiger partial charge in [0.1, 0.15) is 4.88 Å². The molecule has 0 saturated carbocycles. The van der Waals surface area contributed by atoms with Crippen molar-refractivity contribution >= 4 is 62.2 Å². The van der Waals surface area contributed by atoms with Crippen LogP contribution in [0.15, 0.2) is 53.6 Å². The van der Waals surface area contributed by atoms with Crippen molar-refractivity contribution in [1.29, 1.82) is 0 Å². The third-order valence-electron chi connectivity index (χ3n) is 4.20. The smallest absolute Gasteiger partial charge is 0.303 e. The summed E-state index contributed by atoms with van der Waals surface area (Å²) in [7, 11) is 0. The lowest BCUT2D eigenvalue weighted by atomic mass is 10.1. The molecule has 0 aliphatic heterocycles. The zero-order valence-electron chi connectivity index (χ0n) is 15.9. The van der Waals surface area contributed by atoms with Gasteiger partial charge in [-0.15, -0.1) is 11.3 Å². The number of hydrazone groups is 1. The molecule has 0 aliphatic rings. The number of carboxylic acids is 1. The van der Waals surface area contributed by atoms with Crippen molar-refractivity contribution in [3.05, 3.63) is 64.0 Å². The van der Waals surface area contributed by atoms with E-state index < -0.39 is 17.8 Å². The van der Waals surface area contributed by atoms with Gasteiger partial charge in [0.05, 0.1) is 17.2 Å². The number of hydrogen-bond acceptors (Lipinski definition) is 5. The van der Waals surface area contributed by atoms with Gasteiger partial charge in [-0.1, -0.05) is 41.9 Å². The highest BCUT2D eigenvalue weighted by atomic mass is 35.5. The minimum Gasteiger partial charge on any atom is -0.481 e. The van der Waals surface area contributed by atoms with E-state index in [1.165, 1.54) is 11.3 Å². The third-order valence-corrected chi connectivity index (χ3v) is 5.87. The van der Waals surface area contributed by atoms with Crippen molar-refractivity contribution in [3.8, 4) is 0 Å². The van der Waals surface area contributed by atoms with Crippen LogP contribution in [-0.2, 0) is 9.59 Å². The SMILES string of the molecule is C/C(=N\NC(=O)c1sc2ccccc2c1Cl)c1cccc(NC(=O)CCC(=O)O)c1. The van der Waals surface area contributed by atoms with Crippen LogP contribution in [0.4, 0.5) is 5.69 Å². The van der Waals surface area contributed by atoms with Crippen molar-refractivity contribution in [2.45, 2.75) is 19.8 Å². The van der Waals surface area contributed by atoms with Crippen LogP contribution in [0.3, 0.4) is 0 Å².